The smallest absolute Gasteiger partial charge is 0.0949 e. The van der Waals surface area contributed by atoms with Crippen LogP contribution in [0.4, 0.5) is 0 Å². The Labute approximate surface area is 124 Å². The second kappa shape index (κ2) is 6.02. The van der Waals surface area contributed by atoms with Crippen molar-refractivity contribution in [2.45, 2.75) is 48.9 Å². The Bertz CT molecular complexity index is 554. The summed E-state index contributed by atoms with van der Waals surface area (Å²) in [6.45, 7) is 3.14. The largest absolute Gasteiger partial charge is 0.336 e. The van der Waals surface area contributed by atoms with E-state index in [4.69, 9.17) is 5.73 Å². The van der Waals surface area contributed by atoms with Crippen molar-refractivity contribution in [3.8, 4) is 0 Å². The molecule has 2 N–H and O–H groups in total. The van der Waals surface area contributed by atoms with Gasteiger partial charge >= 0.3 is 0 Å². The topological polar surface area (TPSA) is 43.8 Å². The van der Waals surface area contributed by atoms with Crippen molar-refractivity contribution < 1.29 is 0 Å². The lowest BCUT2D eigenvalue weighted by atomic mass is 10.1. The fourth-order valence-electron chi connectivity index (χ4n) is 2.62. The summed E-state index contributed by atoms with van der Waals surface area (Å²) in [6, 6.07) is 8.93. The molecule has 0 saturated carbocycles. The van der Waals surface area contributed by atoms with E-state index in [-0.39, 0.29) is 6.04 Å². The van der Waals surface area contributed by atoms with Gasteiger partial charge in [0, 0.05) is 35.3 Å². The molecule has 0 amide bonds. The average molecular weight is 287 g/mol. The second-order valence-corrected chi connectivity index (χ2v) is 6.83. The van der Waals surface area contributed by atoms with Crippen molar-refractivity contribution in [1.29, 1.82) is 0 Å². The van der Waals surface area contributed by atoms with E-state index in [0.717, 1.165) is 31.5 Å². The Morgan fingerprint density at radius 1 is 1.45 bits per heavy atom. The molecule has 2 atom stereocenters. The molecule has 2 aromatic rings. The fraction of sp³-hybridized carbons (Fsp3) is 0.438. The summed E-state index contributed by atoms with van der Waals surface area (Å²) in [4.78, 5) is 5.90. The van der Waals surface area contributed by atoms with Gasteiger partial charge < -0.3 is 10.3 Å². The molecule has 2 heterocycles. The monoisotopic (exact) mass is 287 g/mol. The molecular weight excluding hydrogens is 266 g/mol. The van der Waals surface area contributed by atoms with Crippen LogP contribution < -0.4 is 5.73 Å². The maximum absolute atomic E-state index is 5.98. The van der Waals surface area contributed by atoms with E-state index in [9.17, 15) is 0 Å². The first-order valence-corrected chi connectivity index (χ1v) is 8.13. The van der Waals surface area contributed by atoms with Gasteiger partial charge in [-0.25, -0.2) is 4.98 Å². The van der Waals surface area contributed by atoms with Gasteiger partial charge in [0.1, 0.15) is 0 Å². The number of hydrogen-bond acceptors (Lipinski definition) is 3. The van der Waals surface area contributed by atoms with Gasteiger partial charge in [-0.2, -0.15) is 0 Å². The quantitative estimate of drug-likeness (QED) is 0.919. The van der Waals surface area contributed by atoms with Gasteiger partial charge in [-0.3, -0.25) is 0 Å². The molecule has 1 aliphatic rings. The van der Waals surface area contributed by atoms with Crippen LogP contribution in [0.15, 0.2) is 41.7 Å². The highest BCUT2D eigenvalue weighted by molar-refractivity contribution is 8.00. The number of benzene rings is 1. The minimum atomic E-state index is 0.225. The highest BCUT2D eigenvalue weighted by Crippen LogP contribution is 2.37. The van der Waals surface area contributed by atoms with Crippen LogP contribution in [0.3, 0.4) is 0 Å². The van der Waals surface area contributed by atoms with Crippen LogP contribution in [0.2, 0.25) is 0 Å². The summed E-state index contributed by atoms with van der Waals surface area (Å²) in [5.74, 6) is 0. The van der Waals surface area contributed by atoms with Crippen LogP contribution in [0.25, 0.3) is 0 Å². The zero-order chi connectivity index (χ0) is 13.9. The lowest BCUT2D eigenvalue weighted by molar-refractivity contribution is 0.635. The summed E-state index contributed by atoms with van der Waals surface area (Å²) >= 11 is 1.99. The summed E-state index contributed by atoms with van der Waals surface area (Å²) in [6.07, 6.45) is 7.13. The maximum Gasteiger partial charge on any atom is 0.0949 e. The van der Waals surface area contributed by atoms with E-state index in [1.807, 2.05) is 18.1 Å². The molecular formula is C16H21N3S. The van der Waals surface area contributed by atoms with Crippen LogP contribution in [0.1, 0.15) is 24.6 Å². The van der Waals surface area contributed by atoms with Gasteiger partial charge in [0.25, 0.3) is 0 Å². The van der Waals surface area contributed by atoms with Crippen LogP contribution >= 0.6 is 11.8 Å². The number of thioether (sulfide) groups is 1. The van der Waals surface area contributed by atoms with E-state index in [0.29, 0.717) is 5.25 Å². The van der Waals surface area contributed by atoms with E-state index in [1.165, 1.54) is 10.5 Å². The normalized spacial score (nSPS) is 19.0. The number of aromatic nitrogens is 2. The number of nitrogens with zero attached hydrogens (tertiary/aromatic N) is 2. The zero-order valence-electron chi connectivity index (χ0n) is 11.8. The van der Waals surface area contributed by atoms with E-state index < -0.39 is 0 Å². The first-order chi connectivity index (χ1) is 9.74. The third kappa shape index (κ3) is 3.07. The zero-order valence-corrected chi connectivity index (χ0v) is 12.6. The summed E-state index contributed by atoms with van der Waals surface area (Å²) in [5, 5.41) is 0.620. The lowest BCUT2D eigenvalue weighted by Crippen LogP contribution is -2.21. The Balaban J connectivity index is 1.60. The second-order valence-electron chi connectivity index (χ2n) is 5.49. The van der Waals surface area contributed by atoms with Crippen LogP contribution in [-0.2, 0) is 19.4 Å². The van der Waals surface area contributed by atoms with Gasteiger partial charge in [-0.05, 0) is 24.5 Å². The van der Waals surface area contributed by atoms with Crippen molar-refractivity contribution >= 4 is 11.8 Å². The van der Waals surface area contributed by atoms with E-state index in [2.05, 4.69) is 46.9 Å². The molecule has 0 aliphatic carbocycles. The maximum atomic E-state index is 5.98. The molecule has 1 aromatic heterocycles. The molecule has 2 unspecified atom stereocenters. The molecule has 4 heteroatoms. The molecule has 0 spiro atoms. The fourth-order valence-corrected chi connectivity index (χ4v) is 3.94. The molecule has 3 rings (SSSR count). The molecule has 0 fully saturated rings. The van der Waals surface area contributed by atoms with Crippen LogP contribution in [0, 0.1) is 0 Å². The molecule has 0 saturated heterocycles. The molecule has 3 nitrogen and oxygen atoms in total. The molecule has 1 aromatic carbocycles. The molecule has 20 heavy (non-hydrogen) atoms. The van der Waals surface area contributed by atoms with Crippen molar-refractivity contribution in [1.82, 2.24) is 9.55 Å². The summed E-state index contributed by atoms with van der Waals surface area (Å²) < 4.78 is 2.21. The van der Waals surface area contributed by atoms with Crippen LogP contribution in [0.5, 0.6) is 0 Å². The van der Waals surface area contributed by atoms with Gasteiger partial charge in [0.2, 0.25) is 0 Å². The highest BCUT2D eigenvalue weighted by atomic mass is 32.2. The third-order valence-corrected chi connectivity index (χ3v) is 5.11. The Morgan fingerprint density at radius 2 is 2.30 bits per heavy atom. The Morgan fingerprint density at radius 3 is 3.10 bits per heavy atom. The molecule has 0 bridgehead atoms. The third-order valence-electron chi connectivity index (χ3n) is 3.81. The molecule has 0 radical (unpaired) electrons. The number of hydrogen-bond donors (Lipinski definition) is 1. The SMILES string of the molecule is CCC(N)Cc1cn(CC2Cc3ccccc3S2)cn1. The van der Waals surface area contributed by atoms with Crippen molar-refractivity contribution in [3.05, 3.63) is 48.0 Å². The standard InChI is InChI=1S/C16H21N3S/c1-2-13(17)8-14-9-19(11-18-14)10-15-7-12-5-3-4-6-16(12)20-15/h3-6,9,11,13,15H,2,7-8,10,17H2,1H3. The average Bonchev–Trinajstić information content (AvgIpc) is 3.05. The minimum Gasteiger partial charge on any atom is -0.336 e. The highest BCUT2D eigenvalue weighted by Gasteiger charge is 2.22. The minimum absolute atomic E-state index is 0.225. The molecule has 106 valence electrons. The van der Waals surface area contributed by atoms with Gasteiger partial charge in [-0.1, -0.05) is 25.1 Å². The van der Waals surface area contributed by atoms with Crippen LogP contribution in [-0.4, -0.2) is 20.8 Å². The van der Waals surface area contributed by atoms with E-state index >= 15 is 0 Å². The summed E-state index contributed by atoms with van der Waals surface area (Å²) in [5.41, 5.74) is 8.58. The molecule has 1 aliphatic heterocycles. The first kappa shape index (κ1) is 13.7. The number of nitrogens with two attached hydrogens (primary N) is 1. The first-order valence-electron chi connectivity index (χ1n) is 7.25. The Kier molecular flexibility index (Phi) is 4.13. The predicted octanol–water partition coefficient (Wildman–Crippen LogP) is 2.88. The van der Waals surface area contributed by atoms with Gasteiger partial charge in [-0.15, -0.1) is 11.8 Å². The number of rotatable bonds is 5. The van der Waals surface area contributed by atoms with Crippen molar-refractivity contribution in [2.24, 2.45) is 5.73 Å². The van der Waals surface area contributed by atoms with E-state index in [1.54, 1.807) is 0 Å². The van der Waals surface area contributed by atoms with Crippen molar-refractivity contribution in [2.75, 3.05) is 0 Å². The Hall–Kier alpha value is -1.26. The predicted molar refractivity (Wildman–Crippen MR) is 84.0 cm³/mol. The van der Waals surface area contributed by atoms with Gasteiger partial charge in [0.15, 0.2) is 0 Å². The number of imidazole rings is 1. The van der Waals surface area contributed by atoms with Crippen molar-refractivity contribution in [3.63, 3.8) is 0 Å². The van der Waals surface area contributed by atoms with Gasteiger partial charge in [0.05, 0.1) is 12.0 Å². The lowest BCUT2D eigenvalue weighted by Gasteiger charge is -2.09. The number of fused-ring (bicyclic) bond motifs is 1. The summed E-state index contributed by atoms with van der Waals surface area (Å²) in [7, 11) is 0.